The van der Waals surface area contributed by atoms with Crippen LogP contribution in [0.15, 0.2) is 45.6 Å². The molecule has 0 amide bonds. The van der Waals surface area contributed by atoms with Gasteiger partial charge in [-0.2, -0.15) is 0 Å². The Morgan fingerprint density at radius 2 is 1.91 bits per heavy atom. The molecule has 0 aliphatic carbocycles. The smallest absolute Gasteiger partial charge is 0.200 e. The maximum Gasteiger partial charge on any atom is 0.200 e. The van der Waals surface area contributed by atoms with E-state index in [0.29, 0.717) is 27.9 Å². The van der Waals surface area contributed by atoms with Gasteiger partial charge in [-0.1, -0.05) is 31.5 Å². The number of phenolic OH excluding ortho intramolecular Hbond substituents is 1. The number of hydrogen-bond donors (Lipinski definition) is 1. The third-order valence-electron chi connectivity index (χ3n) is 3.64. The van der Waals surface area contributed by atoms with E-state index < -0.39 is 5.82 Å². The summed E-state index contributed by atoms with van der Waals surface area (Å²) in [6, 6.07) is 8.55. The molecule has 0 saturated heterocycles. The van der Waals surface area contributed by atoms with Crippen LogP contribution in [0.3, 0.4) is 0 Å². The zero-order valence-corrected chi connectivity index (χ0v) is 13.3. The SMILES string of the molecule is CC(C)c1oc2cc(O)ccc2c(=O)c1-c1ccc(Cl)c(F)c1. The van der Waals surface area contributed by atoms with Crippen LogP contribution in [0.1, 0.15) is 25.5 Å². The molecule has 5 heteroatoms. The van der Waals surface area contributed by atoms with Crippen molar-refractivity contribution >= 4 is 22.6 Å². The monoisotopic (exact) mass is 332 g/mol. The number of aromatic hydroxyl groups is 1. The minimum absolute atomic E-state index is 0.00468. The summed E-state index contributed by atoms with van der Waals surface area (Å²) in [4.78, 5) is 12.9. The van der Waals surface area contributed by atoms with Crippen molar-refractivity contribution < 1.29 is 13.9 Å². The highest BCUT2D eigenvalue weighted by Gasteiger charge is 2.19. The normalized spacial score (nSPS) is 11.3. The van der Waals surface area contributed by atoms with Gasteiger partial charge in [0.1, 0.15) is 22.9 Å². The lowest BCUT2D eigenvalue weighted by Gasteiger charge is -2.13. The average Bonchev–Trinajstić information content (AvgIpc) is 2.49. The number of halogens is 2. The minimum atomic E-state index is -0.593. The van der Waals surface area contributed by atoms with Gasteiger partial charge >= 0.3 is 0 Å². The van der Waals surface area contributed by atoms with E-state index in [-0.39, 0.29) is 22.1 Å². The van der Waals surface area contributed by atoms with Gasteiger partial charge < -0.3 is 9.52 Å². The summed E-state index contributed by atoms with van der Waals surface area (Å²) < 4.78 is 19.6. The molecule has 118 valence electrons. The summed E-state index contributed by atoms with van der Waals surface area (Å²) in [6.45, 7) is 3.76. The Morgan fingerprint density at radius 1 is 1.17 bits per heavy atom. The molecule has 0 aliphatic heterocycles. The Bertz CT molecular complexity index is 960. The van der Waals surface area contributed by atoms with Gasteiger partial charge in [0, 0.05) is 12.0 Å². The van der Waals surface area contributed by atoms with Crippen LogP contribution in [0.25, 0.3) is 22.1 Å². The first-order valence-corrected chi connectivity index (χ1v) is 7.51. The van der Waals surface area contributed by atoms with Crippen LogP contribution in [-0.4, -0.2) is 5.11 Å². The van der Waals surface area contributed by atoms with Gasteiger partial charge in [-0.15, -0.1) is 0 Å². The molecule has 1 N–H and O–H groups in total. The topological polar surface area (TPSA) is 50.4 Å². The Morgan fingerprint density at radius 3 is 2.57 bits per heavy atom. The fourth-order valence-corrected chi connectivity index (χ4v) is 2.65. The number of hydrogen-bond acceptors (Lipinski definition) is 3. The van der Waals surface area contributed by atoms with Crippen LogP contribution in [0.2, 0.25) is 5.02 Å². The highest BCUT2D eigenvalue weighted by Crippen LogP contribution is 2.32. The van der Waals surface area contributed by atoms with Gasteiger partial charge in [0.05, 0.1) is 16.0 Å². The molecule has 1 aromatic heterocycles. The molecular weight excluding hydrogens is 319 g/mol. The lowest BCUT2D eigenvalue weighted by Crippen LogP contribution is -2.10. The number of rotatable bonds is 2. The molecule has 0 unspecified atom stereocenters. The highest BCUT2D eigenvalue weighted by molar-refractivity contribution is 6.30. The van der Waals surface area contributed by atoms with Crippen molar-refractivity contribution in [3.63, 3.8) is 0 Å². The van der Waals surface area contributed by atoms with Gasteiger partial charge in [0.2, 0.25) is 5.43 Å². The molecule has 0 aliphatic rings. The quantitative estimate of drug-likeness (QED) is 0.711. The second-order valence-corrected chi connectivity index (χ2v) is 6.04. The van der Waals surface area contributed by atoms with E-state index in [1.165, 1.54) is 30.3 Å². The van der Waals surface area contributed by atoms with E-state index in [1.807, 2.05) is 13.8 Å². The van der Waals surface area contributed by atoms with Crippen LogP contribution in [0.4, 0.5) is 4.39 Å². The summed E-state index contributed by atoms with van der Waals surface area (Å²) in [5, 5.41) is 9.90. The Labute approximate surface area is 136 Å². The molecule has 3 aromatic rings. The maximum atomic E-state index is 13.8. The first-order chi connectivity index (χ1) is 10.9. The average molecular weight is 333 g/mol. The van der Waals surface area contributed by atoms with Crippen LogP contribution in [0, 0.1) is 5.82 Å². The number of benzene rings is 2. The van der Waals surface area contributed by atoms with Crippen molar-refractivity contribution in [1.82, 2.24) is 0 Å². The fourth-order valence-electron chi connectivity index (χ4n) is 2.53. The molecule has 0 fully saturated rings. The molecule has 3 nitrogen and oxygen atoms in total. The second kappa shape index (κ2) is 5.70. The number of fused-ring (bicyclic) bond motifs is 1. The molecular formula is C18H14ClFO3. The predicted octanol–water partition coefficient (Wildman–Crippen LogP) is 5.08. The van der Waals surface area contributed by atoms with E-state index in [9.17, 15) is 14.3 Å². The van der Waals surface area contributed by atoms with Crippen LogP contribution in [-0.2, 0) is 0 Å². The standard InChI is InChI=1S/C18H14ClFO3/c1-9(2)18-16(10-3-6-13(19)14(20)7-10)17(22)12-5-4-11(21)8-15(12)23-18/h3-9,21H,1-2H3. The summed E-state index contributed by atoms with van der Waals surface area (Å²) in [5.74, 6) is -0.234. The van der Waals surface area contributed by atoms with Crippen LogP contribution >= 0.6 is 11.6 Å². The zero-order valence-electron chi connectivity index (χ0n) is 12.6. The van der Waals surface area contributed by atoms with Crippen molar-refractivity contribution in [2.24, 2.45) is 0 Å². The van der Waals surface area contributed by atoms with Gasteiger partial charge in [0.25, 0.3) is 0 Å². The molecule has 0 radical (unpaired) electrons. The molecule has 23 heavy (non-hydrogen) atoms. The summed E-state index contributed by atoms with van der Waals surface area (Å²) in [7, 11) is 0. The van der Waals surface area contributed by atoms with E-state index >= 15 is 0 Å². The molecule has 0 saturated carbocycles. The van der Waals surface area contributed by atoms with Gasteiger partial charge in [0.15, 0.2) is 0 Å². The summed E-state index contributed by atoms with van der Waals surface area (Å²) in [5.41, 5.74) is 0.765. The van der Waals surface area contributed by atoms with E-state index in [4.69, 9.17) is 16.0 Å². The Kier molecular flexibility index (Phi) is 3.86. The second-order valence-electron chi connectivity index (χ2n) is 5.63. The van der Waals surface area contributed by atoms with E-state index in [2.05, 4.69) is 0 Å². The zero-order chi connectivity index (χ0) is 16.7. The first-order valence-electron chi connectivity index (χ1n) is 7.13. The van der Waals surface area contributed by atoms with Gasteiger partial charge in [-0.25, -0.2) is 4.39 Å². The summed E-state index contributed by atoms with van der Waals surface area (Å²) >= 11 is 5.72. The molecule has 0 spiro atoms. The predicted molar refractivity (Wildman–Crippen MR) is 88.6 cm³/mol. The van der Waals surface area contributed by atoms with E-state index in [1.54, 1.807) is 6.07 Å². The first kappa shape index (κ1) is 15.6. The van der Waals surface area contributed by atoms with Gasteiger partial charge in [-0.3, -0.25) is 4.79 Å². The largest absolute Gasteiger partial charge is 0.508 e. The van der Waals surface area contributed by atoms with Crippen molar-refractivity contribution in [2.75, 3.05) is 0 Å². The third kappa shape index (κ3) is 2.70. The lowest BCUT2D eigenvalue weighted by atomic mass is 9.97. The molecule has 1 heterocycles. The minimum Gasteiger partial charge on any atom is -0.508 e. The summed E-state index contributed by atoms with van der Waals surface area (Å²) in [6.07, 6.45) is 0. The number of phenols is 1. The van der Waals surface area contributed by atoms with E-state index in [0.717, 1.165) is 0 Å². The molecule has 0 bridgehead atoms. The maximum absolute atomic E-state index is 13.8. The van der Waals surface area contributed by atoms with Crippen molar-refractivity contribution in [3.05, 3.63) is 63.2 Å². The third-order valence-corrected chi connectivity index (χ3v) is 3.94. The molecule has 2 aromatic carbocycles. The van der Waals surface area contributed by atoms with Crippen molar-refractivity contribution in [3.8, 4) is 16.9 Å². The van der Waals surface area contributed by atoms with Crippen molar-refractivity contribution in [1.29, 1.82) is 0 Å². The van der Waals surface area contributed by atoms with Crippen LogP contribution < -0.4 is 5.43 Å². The van der Waals surface area contributed by atoms with Crippen LogP contribution in [0.5, 0.6) is 5.75 Å². The lowest BCUT2D eigenvalue weighted by molar-refractivity contribution is 0.470. The Hall–Kier alpha value is -2.33. The fraction of sp³-hybridized carbons (Fsp3) is 0.167. The Balaban J connectivity index is 2.40. The van der Waals surface area contributed by atoms with Gasteiger partial charge in [-0.05, 0) is 29.8 Å². The molecule has 0 atom stereocenters. The van der Waals surface area contributed by atoms with Crippen molar-refractivity contribution in [2.45, 2.75) is 19.8 Å². The molecule has 3 rings (SSSR count). The highest BCUT2D eigenvalue weighted by atomic mass is 35.5.